The first-order chi connectivity index (χ1) is 14.9. The van der Waals surface area contributed by atoms with Crippen LogP contribution < -0.4 is 10.1 Å². The van der Waals surface area contributed by atoms with E-state index >= 15 is 0 Å². The van der Waals surface area contributed by atoms with Crippen LogP contribution in [0.3, 0.4) is 0 Å². The van der Waals surface area contributed by atoms with Crippen LogP contribution in [0.1, 0.15) is 10.4 Å². The van der Waals surface area contributed by atoms with Crippen molar-refractivity contribution in [1.29, 1.82) is 0 Å². The maximum absolute atomic E-state index is 13.0. The number of benzene rings is 3. The van der Waals surface area contributed by atoms with E-state index in [0.717, 1.165) is 0 Å². The van der Waals surface area contributed by atoms with Gasteiger partial charge in [0.1, 0.15) is 5.82 Å². The summed E-state index contributed by atoms with van der Waals surface area (Å²) in [5.74, 6) is -0.230. The minimum Gasteiger partial charge on any atom is -0.466 e. The molecule has 0 spiro atoms. The van der Waals surface area contributed by atoms with Crippen molar-refractivity contribution >= 4 is 34.8 Å². The zero-order valence-corrected chi connectivity index (χ0v) is 17.7. The molecule has 0 bridgehead atoms. The Hall–Kier alpha value is -3.42. The van der Waals surface area contributed by atoms with E-state index in [-0.39, 0.29) is 11.9 Å². The van der Waals surface area contributed by atoms with Gasteiger partial charge >= 0.3 is 6.01 Å². The van der Waals surface area contributed by atoms with Crippen molar-refractivity contribution in [2.24, 2.45) is 0 Å². The molecule has 3 aromatic carbocycles. The lowest BCUT2D eigenvalue weighted by Gasteiger charge is -2.09. The number of carbonyl (C=O) groups excluding carboxylic acids is 1. The molecule has 1 heterocycles. The summed E-state index contributed by atoms with van der Waals surface area (Å²) in [6, 6.07) is 17.7. The molecule has 0 saturated carbocycles. The predicted molar refractivity (Wildman–Crippen MR) is 118 cm³/mol. The third-order valence-corrected chi connectivity index (χ3v) is 5.16. The third-order valence-electron chi connectivity index (χ3n) is 4.42. The van der Waals surface area contributed by atoms with Crippen LogP contribution in [0.25, 0.3) is 17.1 Å². The Labute approximate surface area is 187 Å². The molecule has 4 aromatic rings. The summed E-state index contributed by atoms with van der Waals surface area (Å²) in [5.41, 5.74) is 2.32. The zero-order chi connectivity index (χ0) is 22.0. The summed E-state index contributed by atoms with van der Waals surface area (Å²) in [6.45, 7) is 0. The number of nitrogens with zero attached hydrogens (tertiary/aromatic N) is 3. The summed E-state index contributed by atoms with van der Waals surface area (Å²) in [5, 5.41) is 7.96. The maximum Gasteiger partial charge on any atom is 0.336 e. The number of carbonyl (C=O) groups is 1. The fourth-order valence-corrected chi connectivity index (χ4v) is 3.17. The highest BCUT2D eigenvalue weighted by Crippen LogP contribution is 2.30. The minimum absolute atomic E-state index is 0.190. The molecule has 4 rings (SSSR count). The number of rotatable bonds is 5. The van der Waals surface area contributed by atoms with Gasteiger partial charge in [0, 0.05) is 16.8 Å². The maximum atomic E-state index is 13.0. The average molecular weight is 457 g/mol. The number of amides is 1. The normalized spacial score (nSPS) is 10.7. The van der Waals surface area contributed by atoms with Crippen LogP contribution in [0.5, 0.6) is 6.01 Å². The van der Waals surface area contributed by atoms with Crippen molar-refractivity contribution in [1.82, 2.24) is 14.8 Å². The van der Waals surface area contributed by atoms with Crippen molar-refractivity contribution in [2.45, 2.75) is 0 Å². The fraction of sp³-hybridized carbons (Fsp3) is 0.0455. The summed E-state index contributed by atoms with van der Waals surface area (Å²) >= 11 is 12.2. The molecule has 156 valence electrons. The van der Waals surface area contributed by atoms with E-state index in [1.54, 1.807) is 47.1 Å². The van der Waals surface area contributed by atoms with E-state index < -0.39 is 5.82 Å². The van der Waals surface area contributed by atoms with Crippen molar-refractivity contribution in [3.8, 4) is 23.1 Å². The molecule has 9 heteroatoms. The van der Waals surface area contributed by atoms with Crippen molar-refractivity contribution in [3.63, 3.8) is 0 Å². The summed E-state index contributed by atoms with van der Waals surface area (Å²) < 4.78 is 19.8. The number of hydrogen-bond donors (Lipinski definition) is 1. The molecule has 1 amide bonds. The molecule has 0 fully saturated rings. The Kier molecular flexibility index (Phi) is 5.88. The third kappa shape index (κ3) is 4.52. The van der Waals surface area contributed by atoms with Gasteiger partial charge in [-0.1, -0.05) is 23.2 Å². The Bertz CT molecular complexity index is 1240. The van der Waals surface area contributed by atoms with Gasteiger partial charge in [0.2, 0.25) is 0 Å². The average Bonchev–Trinajstić information content (AvgIpc) is 3.21. The van der Waals surface area contributed by atoms with Crippen molar-refractivity contribution in [2.75, 3.05) is 12.4 Å². The first kappa shape index (κ1) is 20.8. The van der Waals surface area contributed by atoms with Crippen LogP contribution in [-0.2, 0) is 0 Å². The van der Waals surface area contributed by atoms with Crippen LogP contribution in [0.15, 0.2) is 66.7 Å². The van der Waals surface area contributed by atoms with Crippen LogP contribution in [0, 0.1) is 5.82 Å². The monoisotopic (exact) mass is 456 g/mol. The Morgan fingerprint density at radius 3 is 2.35 bits per heavy atom. The second-order valence-corrected chi connectivity index (χ2v) is 7.29. The minimum atomic E-state index is -0.401. The smallest absolute Gasteiger partial charge is 0.336 e. The highest BCUT2D eigenvalue weighted by molar-refractivity contribution is 6.42. The van der Waals surface area contributed by atoms with E-state index in [2.05, 4.69) is 15.4 Å². The predicted octanol–water partition coefficient (Wildman–Crippen LogP) is 5.64. The lowest BCUT2D eigenvalue weighted by molar-refractivity contribution is 0.102. The molecule has 1 aromatic heterocycles. The van der Waals surface area contributed by atoms with Crippen LogP contribution in [0.4, 0.5) is 10.1 Å². The van der Waals surface area contributed by atoms with Gasteiger partial charge in [-0.3, -0.25) is 4.79 Å². The highest BCUT2D eigenvalue weighted by Gasteiger charge is 2.15. The topological polar surface area (TPSA) is 69.0 Å². The second kappa shape index (κ2) is 8.75. The molecule has 0 atom stereocenters. The van der Waals surface area contributed by atoms with Crippen LogP contribution >= 0.6 is 23.2 Å². The van der Waals surface area contributed by atoms with Gasteiger partial charge in [-0.15, -0.1) is 5.10 Å². The number of hydrogen-bond acceptors (Lipinski definition) is 4. The summed E-state index contributed by atoms with van der Waals surface area (Å²) in [6.07, 6.45) is 0. The van der Waals surface area contributed by atoms with Gasteiger partial charge in [0.15, 0.2) is 5.82 Å². The van der Waals surface area contributed by atoms with Gasteiger partial charge in [0.05, 0.1) is 22.8 Å². The van der Waals surface area contributed by atoms with Crippen LogP contribution in [0.2, 0.25) is 10.0 Å². The quantitative estimate of drug-likeness (QED) is 0.421. The van der Waals surface area contributed by atoms with E-state index in [1.807, 2.05) is 0 Å². The molecule has 0 aliphatic rings. The molecular weight excluding hydrogens is 442 g/mol. The van der Waals surface area contributed by atoms with Gasteiger partial charge in [-0.25, -0.2) is 9.07 Å². The number of aromatic nitrogens is 3. The number of ether oxygens (including phenoxy) is 1. The Morgan fingerprint density at radius 2 is 1.71 bits per heavy atom. The standard InChI is InChI=1S/C22H15Cl2FN4O2/c1-31-22-27-20(14-4-11-18(23)19(24)12-14)29(28-22)17-9-7-16(8-10-17)26-21(30)13-2-5-15(25)6-3-13/h2-12H,1H3,(H,26,30). The molecule has 0 aliphatic heterocycles. The fourth-order valence-electron chi connectivity index (χ4n) is 2.87. The number of nitrogens with one attached hydrogen (secondary N) is 1. The van der Waals surface area contributed by atoms with Gasteiger partial charge < -0.3 is 10.1 Å². The second-order valence-electron chi connectivity index (χ2n) is 6.47. The van der Waals surface area contributed by atoms with Crippen LogP contribution in [-0.4, -0.2) is 27.8 Å². The molecular formula is C22H15Cl2FN4O2. The Balaban J connectivity index is 1.61. The van der Waals surface area contributed by atoms with Gasteiger partial charge in [-0.2, -0.15) is 4.98 Å². The molecule has 31 heavy (non-hydrogen) atoms. The number of anilines is 1. The SMILES string of the molecule is COc1nc(-c2ccc(Cl)c(Cl)c2)n(-c2ccc(NC(=O)c3ccc(F)cc3)cc2)n1. The van der Waals surface area contributed by atoms with E-state index in [9.17, 15) is 9.18 Å². The summed E-state index contributed by atoms with van der Waals surface area (Å²) in [4.78, 5) is 16.7. The Morgan fingerprint density at radius 1 is 1.00 bits per heavy atom. The molecule has 6 nitrogen and oxygen atoms in total. The first-order valence-electron chi connectivity index (χ1n) is 9.08. The molecule has 1 N–H and O–H groups in total. The molecule has 0 radical (unpaired) electrons. The first-order valence-corrected chi connectivity index (χ1v) is 9.84. The summed E-state index contributed by atoms with van der Waals surface area (Å²) in [7, 11) is 1.48. The lowest BCUT2D eigenvalue weighted by Crippen LogP contribution is -2.11. The zero-order valence-electron chi connectivity index (χ0n) is 16.1. The van der Waals surface area contributed by atoms with E-state index in [4.69, 9.17) is 27.9 Å². The molecule has 0 aliphatic carbocycles. The van der Waals surface area contributed by atoms with Crippen molar-refractivity contribution < 1.29 is 13.9 Å². The number of methoxy groups -OCH3 is 1. The highest BCUT2D eigenvalue weighted by atomic mass is 35.5. The largest absolute Gasteiger partial charge is 0.466 e. The van der Waals surface area contributed by atoms with Crippen molar-refractivity contribution in [3.05, 3.63) is 88.2 Å². The molecule has 0 unspecified atom stereocenters. The van der Waals surface area contributed by atoms with Gasteiger partial charge in [-0.05, 0) is 66.7 Å². The number of halogens is 3. The van der Waals surface area contributed by atoms with Gasteiger partial charge in [0.25, 0.3) is 5.91 Å². The van der Waals surface area contributed by atoms with E-state index in [0.29, 0.717) is 38.4 Å². The lowest BCUT2D eigenvalue weighted by atomic mass is 10.2. The molecule has 0 saturated heterocycles. The van der Waals surface area contributed by atoms with E-state index in [1.165, 1.54) is 31.4 Å².